The van der Waals surface area contributed by atoms with Crippen molar-refractivity contribution < 1.29 is 4.74 Å². The summed E-state index contributed by atoms with van der Waals surface area (Å²) in [6.07, 6.45) is 2.18. The third-order valence-electron chi connectivity index (χ3n) is 5.25. The van der Waals surface area contributed by atoms with Crippen LogP contribution >= 0.6 is 0 Å². The fourth-order valence-electron chi connectivity index (χ4n) is 3.81. The van der Waals surface area contributed by atoms with E-state index in [0.717, 1.165) is 26.3 Å². The summed E-state index contributed by atoms with van der Waals surface area (Å²) in [4.78, 5) is 5.99. The van der Waals surface area contributed by atoms with Gasteiger partial charge in [0, 0.05) is 30.2 Å². The normalized spacial score (nSPS) is 17.2. The van der Waals surface area contributed by atoms with Crippen LogP contribution in [-0.2, 0) is 4.74 Å². The third-order valence-corrected chi connectivity index (χ3v) is 5.25. The van der Waals surface area contributed by atoms with Crippen LogP contribution in [0.25, 0.3) is 10.9 Å². The Bertz CT molecular complexity index is 829. The lowest BCUT2D eigenvalue weighted by molar-refractivity contribution is 0.0242. The first-order valence-corrected chi connectivity index (χ1v) is 9.21. The van der Waals surface area contributed by atoms with E-state index in [2.05, 4.69) is 78.5 Å². The van der Waals surface area contributed by atoms with E-state index in [1.807, 2.05) is 0 Å². The number of ether oxygens (including phenoxy) is 1. The standard InChI is InChI=1S/C22H26N2O/c1-16(2)17-7-9-18(10-8-17)22(24-11-13-25-14-12-24)20-15-23-21-6-4-3-5-19(20)21/h3-10,15-16,22-23H,11-14H2,1-2H3. The fraction of sp³-hybridized carbons (Fsp3) is 0.364. The number of aromatic nitrogens is 1. The number of nitrogens with one attached hydrogen (secondary N) is 1. The van der Waals surface area contributed by atoms with E-state index in [4.69, 9.17) is 4.74 Å². The molecule has 1 fully saturated rings. The summed E-state index contributed by atoms with van der Waals surface area (Å²) >= 11 is 0. The molecule has 0 bridgehead atoms. The number of aromatic amines is 1. The number of para-hydroxylation sites is 1. The lowest BCUT2D eigenvalue weighted by Crippen LogP contribution is -2.39. The Morgan fingerprint density at radius 3 is 2.32 bits per heavy atom. The van der Waals surface area contributed by atoms with Crippen LogP contribution in [0.2, 0.25) is 0 Å². The van der Waals surface area contributed by atoms with Crippen LogP contribution in [0.1, 0.15) is 42.5 Å². The van der Waals surface area contributed by atoms with Gasteiger partial charge in [-0.05, 0) is 28.7 Å². The summed E-state index contributed by atoms with van der Waals surface area (Å²) in [6, 6.07) is 18.0. The predicted molar refractivity (Wildman–Crippen MR) is 103 cm³/mol. The van der Waals surface area contributed by atoms with Crippen molar-refractivity contribution in [2.24, 2.45) is 0 Å². The molecule has 0 radical (unpaired) electrons. The number of hydrogen-bond acceptors (Lipinski definition) is 2. The summed E-state index contributed by atoms with van der Waals surface area (Å²) in [5, 5.41) is 1.31. The molecule has 1 saturated heterocycles. The maximum atomic E-state index is 5.59. The van der Waals surface area contributed by atoms with E-state index in [-0.39, 0.29) is 6.04 Å². The Hall–Kier alpha value is -2.10. The molecule has 1 unspecified atom stereocenters. The quantitative estimate of drug-likeness (QED) is 0.748. The average Bonchev–Trinajstić information content (AvgIpc) is 3.07. The molecular weight excluding hydrogens is 308 g/mol. The number of H-pyrrole nitrogens is 1. The molecule has 0 spiro atoms. The van der Waals surface area contributed by atoms with Gasteiger partial charge in [-0.1, -0.05) is 56.3 Å². The van der Waals surface area contributed by atoms with Crippen molar-refractivity contribution in [1.82, 2.24) is 9.88 Å². The van der Waals surface area contributed by atoms with Crippen LogP contribution < -0.4 is 0 Å². The molecular formula is C22H26N2O. The smallest absolute Gasteiger partial charge is 0.0624 e. The highest BCUT2D eigenvalue weighted by Crippen LogP contribution is 2.34. The van der Waals surface area contributed by atoms with E-state index in [9.17, 15) is 0 Å². The summed E-state index contributed by atoms with van der Waals surface area (Å²) in [7, 11) is 0. The van der Waals surface area contributed by atoms with Crippen LogP contribution in [0.5, 0.6) is 0 Å². The van der Waals surface area contributed by atoms with E-state index in [0.29, 0.717) is 5.92 Å². The van der Waals surface area contributed by atoms with Crippen molar-refractivity contribution in [3.8, 4) is 0 Å². The highest BCUT2D eigenvalue weighted by Gasteiger charge is 2.26. The summed E-state index contributed by atoms with van der Waals surface area (Å²) < 4.78 is 5.59. The second-order valence-corrected chi connectivity index (χ2v) is 7.16. The van der Waals surface area contributed by atoms with E-state index in [1.165, 1.54) is 27.6 Å². The Labute approximate surface area is 149 Å². The van der Waals surface area contributed by atoms with Crippen molar-refractivity contribution >= 4 is 10.9 Å². The van der Waals surface area contributed by atoms with E-state index >= 15 is 0 Å². The van der Waals surface area contributed by atoms with Gasteiger partial charge in [0.05, 0.1) is 19.3 Å². The number of fused-ring (bicyclic) bond motifs is 1. The maximum Gasteiger partial charge on any atom is 0.0624 e. The molecule has 4 rings (SSSR count). The number of rotatable bonds is 4. The molecule has 2 heterocycles. The van der Waals surface area contributed by atoms with Crippen molar-refractivity contribution in [3.63, 3.8) is 0 Å². The molecule has 0 saturated carbocycles. The molecule has 0 amide bonds. The summed E-state index contributed by atoms with van der Waals surface area (Å²) in [5.74, 6) is 0.559. The Kier molecular flexibility index (Phi) is 4.60. The average molecular weight is 334 g/mol. The van der Waals surface area contributed by atoms with Gasteiger partial charge in [0.1, 0.15) is 0 Å². The van der Waals surface area contributed by atoms with E-state index < -0.39 is 0 Å². The van der Waals surface area contributed by atoms with Gasteiger partial charge in [0.2, 0.25) is 0 Å². The predicted octanol–water partition coefficient (Wildman–Crippen LogP) is 4.71. The second-order valence-electron chi connectivity index (χ2n) is 7.16. The zero-order valence-electron chi connectivity index (χ0n) is 15.0. The zero-order valence-corrected chi connectivity index (χ0v) is 15.0. The number of nitrogens with zero attached hydrogens (tertiary/aromatic N) is 1. The molecule has 1 aliphatic heterocycles. The molecule has 1 N–H and O–H groups in total. The largest absolute Gasteiger partial charge is 0.379 e. The minimum Gasteiger partial charge on any atom is -0.379 e. The van der Waals surface area contributed by atoms with Crippen molar-refractivity contribution in [1.29, 1.82) is 0 Å². The lowest BCUT2D eigenvalue weighted by Gasteiger charge is -2.35. The SMILES string of the molecule is CC(C)c1ccc(C(c2c[nH]c3ccccc23)N2CCOCC2)cc1. The summed E-state index contributed by atoms with van der Waals surface area (Å²) in [5.41, 5.74) is 5.31. The van der Waals surface area contributed by atoms with Crippen LogP contribution in [0.3, 0.4) is 0 Å². The van der Waals surface area contributed by atoms with Gasteiger partial charge < -0.3 is 9.72 Å². The molecule has 3 heteroatoms. The highest BCUT2D eigenvalue weighted by molar-refractivity contribution is 5.84. The zero-order chi connectivity index (χ0) is 17.2. The minimum atomic E-state index is 0.265. The van der Waals surface area contributed by atoms with Gasteiger partial charge in [-0.15, -0.1) is 0 Å². The molecule has 25 heavy (non-hydrogen) atoms. The Morgan fingerprint density at radius 1 is 0.920 bits per heavy atom. The van der Waals surface area contributed by atoms with Crippen LogP contribution in [0.15, 0.2) is 54.7 Å². The molecule has 1 aliphatic rings. The van der Waals surface area contributed by atoms with Gasteiger partial charge in [-0.2, -0.15) is 0 Å². The maximum absolute atomic E-state index is 5.59. The third kappa shape index (κ3) is 3.22. The number of hydrogen-bond donors (Lipinski definition) is 1. The monoisotopic (exact) mass is 334 g/mol. The molecule has 2 aromatic carbocycles. The number of morpholine rings is 1. The van der Waals surface area contributed by atoms with Gasteiger partial charge in [0.15, 0.2) is 0 Å². The molecule has 3 nitrogen and oxygen atoms in total. The molecule has 1 aromatic heterocycles. The fourth-order valence-corrected chi connectivity index (χ4v) is 3.81. The van der Waals surface area contributed by atoms with Crippen LogP contribution in [0.4, 0.5) is 0 Å². The lowest BCUT2D eigenvalue weighted by atomic mass is 9.93. The molecule has 130 valence electrons. The molecule has 0 aliphatic carbocycles. The second kappa shape index (κ2) is 7.03. The first kappa shape index (κ1) is 16.4. The molecule has 1 atom stereocenters. The van der Waals surface area contributed by atoms with Gasteiger partial charge in [0.25, 0.3) is 0 Å². The van der Waals surface area contributed by atoms with Gasteiger partial charge in [-0.25, -0.2) is 0 Å². The first-order valence-electron chi connectivity index (χ1n) is 9.21. The Morgan fingerprint density at radius 2 is 1.60 bits per heavy atom. The summed E-state index contributed by atoms with van der Waals surface area (Å²) in [6.45, 7) is 8.04. The first-order chi connectivity index (χ1) is 12.2. The van der Waals surface area contributed by atoms with Crippen LogP contribution in [0, 0.1) is 0 Å². The topological polar surface area (TPSA) is 28.3 Å². The number of benzene rings is 2. The van der Waals surface area contributed by atoms with Crippen molar-refractivity contribution in [2.45, 2.75) is 25.8 Å². The van der Waals surface area contributed by atoms with Gasteiger partial charge in [-0.3, -0.25) is 4.90 Å². The van der Waals surface area contributed by atoms with Crippen molar-refractivity contribution in [2.75, 3.05) is 26.3 Å². The van der Waals surface area contributed by atoms with Crippen molar-refractivity contribution in [3.05, 3.63) is 71.4 Å². The minimum absolute atomic E-state index is 0.265. The molecule has 3 aromatic rings. The van der Waals surface area contributed by atoms with Gasteiger partial charge >= 0.3 is 0 Å². The Balaban J connectivity index is 1.78. The van der Waals surface area contributed by atoms with Crippen LogP contribution in [-0.4, -0.2) is 36.2 Å². The highest BCUT2D eigenvalue weighted by atomic mass is 16.5. The van der Waals surface area contributed by atoms with E-state index in [1.54, 1.807) is 0 Å².